The number of benzene rings is 1. The van der Waals surface area contributed by atoms with Crippen LogP contribution in [-0.2, 0) is 9.84 Å². The second-order valence-electron chi connectivity index (χ2n) is 6.45. The molecule has 1 aromatic rings. The Balaban J connectivity index is 1.78. The van der Waals surface area contributed by atoms with Crippen molar-refractivity contribution < 1.29 is 17.6 Å². The molecule has 2 heterocycles. The smallest absolute Gasteiger partial charge is 0.254 e. The van der Waals surface area contributed by atoms with E-state index in [1.54, 1.807) is 0 Å². The van der Waals surface area contributed by atoms with Crippen LogP contribution in [0.5, 0.6) is 0 Å². The second-order valence-corrected chi connectivity index (χ2v) is 9.51. The van der Waals surface area contributed by atoms with E-state index >= 15 is 0 Å². The number of hydrogen-bond donors (Lipinski definition) is 1. The molecule has 132 valence electrons. The summed E-state index contributed by atoms with van der Waals surface area (Å²) in [4.78, 5) is 14.6. The Hall–Kier alpha value is -0.990. The highest BCUT2D eigenvalue weighted by Crippen LogP contribution is 2.23. The highest BCUT2D eigenvalue weighted by molar-refractivity contribution is 9.10. The monoisotopic (exact) mass is 418 g/mol. The summed E-state index contributed by atoms with van der Waals surface area (Å²) in [5.74, 6) is -1.22. The molecular formula is C16H20BrFN2O3S. The Kier molecular flexibility index (Phi) is 5.27. The van der Waals surface area contributed by atoms with Gasteiger partial charge in [0.2, 0.25) is 0 Å². The lowest BCUT2D eigenvalue weighted by Crippen LogP contribution is -2.52. The predicted octanol–water partition coefficient (Wildman–Crippen LogP) is 1.97. The number of amides is 1. The van der Waals surface area contributed by atoms with Gasteiger partial charge in [-0.05, 0) is 44.1 Å². The van der Waals surface area contributed by atoms with Gasteiger partial charge in [0, 0.05) is 10.5 Å². The van der Waals surface area contributed by atoms with Gasteiger partial charge in [0.1, 0.15) is 5.82 Å². The zero-order valence-corrected chi connectivity index (χ0v) is 15.6. The maximum atomic E-state index is 13.9. The minimum absolute atomic E-state index is 0.0545. The number of hydrogen-bond acceptors (Lipinski definition) is 4. The third-order valence-corrected chi connectivity index (χ3v) is 6.88. The predicted molar refractivity (Wildman–Crippen MR) is 93.2 cm³/mol. The van der Waals surface area contributed by atoms with Crippen molar-refractivity contribution in [2.45, 2.75) is 31.3 Å². The number of rotatable bonds is 3. The van der Waals surface area contributed by atoms with Gasteiger partial charge in [0.15, 0.2) is 9.84 Å². The van der Waals surface area contributed by atoms with E-state index in [0.717, 1.165) is 32.4 Å². The van der Waals surface area contributed by atoms with Crippen LogP contribution in [0.3, 0.4) is 0 Å². The summed E-state index contributed by atoms with van der Waals surface area (Å²) in [6.07, 6.45) is 3.23. The van der Waals surface area contributed by atoms with Crippen LogP contribution in [0, 0.1) is 5.82 Å². The van der Waals surface area contributed by atoms with Crippen LogP contribution in [0.4, 0.5) is 4.39 Å². The number of carbonyl (C=O) groups excluding carboxylic acids is 1. The molecule has 0 saturated carbocycles. The Morgan fingerprint density at radius 1 is 1.21 bits per heavy atom. The first kappa shape index (κ1) is 17.8. The van der Waals surface area contributed by atoms with Crippen molar-refractivity contribution in [2.24, 2.45) is 0 Å². The van der Waals surface area contributed by atoms with Crippen LogP contribution in [-0.4, -0.2) is 55.9 Å². The fourth-order valence-electron chi connectivity index (χ4n) is 3.49. The summed E-state index contributed by atoms with van der Waals surface area (Å²) in [5, 5.41) is 2.75. The number of carbonyl (C=O) groups is 1. The molecule has 5 nitrogen and oxygen atoms in total. The molecule has 3 rings (SSSR count). The maximum absolute atomic E-state index is 13.9. The van der Waals surface area contributed by atoms with Crippen LogP contribution in [0.15, 0.2) is 22.7 Å². The van der Waals surface area contributed by atoms with E-state index in [-0.39, 0.29) is 23.1 Å². The van der Waals surface area contributed by atoms with Gasteiger partial charge in [0.05, 0.1) is 23.1 Å². The normalized spacial score (nSPS) is 27.1. The van der Waals surface area contributed by atoms with E-state index in [2.05, 4.69) is 26.1 Å². The standard InChI is InChI=1S/C16H20BrFN2O3S/c17-11-4-5-13(18)12(8-11)16(21)19-14-9-24(22,23)10-15(14)20-6-2-1-3-7-20/h4-5,8,14-15H,1-3,6-7,9-10H2,(H,19,21). The Morgan fingerprint density at radius 2 is 1.92 bits per heavy atom. The fraction of sp³-hybridized carbons (Fsp3) is 0.562. The molecule has 0 radical (unpaired) electrons. The van der Waals surface area contributed by atoms with Crippen LogP contribution in [0.1, 0.15) is 29.6 Å². The summed E-state index contributed by atoms with van der Waals surface area (Å²) in [5.41, 5.74) is -0.0777. The third kappa shape index (κ3) is 3.97. The minimum atomic E-state index is -3.20. The zero-order chi connectivity index (χ0) is 17.3. The molecule has 2 aliphatic heterocycles. The molecular weight excluding hydrogens is 399 g/mol. The summed E-state index contributed by atoms with van der Waals surface area (Å²) in [7, 11) is -3.20. The molecule has 1 amide bonds. The number of sulfone groups is 1. The van der Waals surface area contributed by atoms with Gasteiger partial charge in [-0.2, -0.15) is 0 Å². The Bertz CT molecular complexity index is 735. The van der Waals surface area contributed by atoms with Gasteiger partial charge < -0.3 is 5.32 Å². The molecule has 2 unspecified atom stereocenters. The molecule has 0 aromatic heterocycles. The first-order valence-electron chi connectivity index (χ1n) is 8.06. The van der Waals surface area contributed by atoms with Crippen molar-refractivity contribution >= 4 is 31.7 Å². The SMILES string of the molecule is O=C(NC1CS(=O)(=O)CC1N1CCCCC1)c1cc(Br)ccc1F. The van der Waals surface area contributed by atoms with Crippen molar-refractivity contribution in [1.29, 1.82) is 0 Å². The van der Waals surface area contributed by atoms with Gasteiger partial charge in [0.25, 0.3) is 5.91 Å². The topological polar surface area (TPSA) is 66.5 Å². The lowest BCUT2D eigenvalue weighted by molar-refractivity contribution is 0.0896. The summed E-state index contributed by atoms with van der Waals surface area (Å²) in [6, 6.07) is 3.41. The molecule has 1 N–H and O–H groups in total. The van der Waals surface area contributed by atoms with E-state index in [9.17, 15) is 17.6 Å². The average molecular weight is 419 g/mol. The van der Waals surface area contributed by atoms with Crippen molar-refractivity contribution in [1.82, 2.24) is 10.2 Å². The number of nitrogens with one attached hydrogen (secondary N) is 1. The summed E-state index contributed by atoms with van der Waals surface area (Å²) < 4.78 is 38.6. The molecule has 2 saturated heterocycles. The molecule has 24 heavy (non-hydrogen) atoms. The molecule has 0 bridgehead atoms. The molecule has 0 aliphatic carbocycles. The molecule has 0 spiro atoms. The second kappa shape index (κ2) is 7.09. The summed E-state index contributed by atoms with van der Waals surface area (Å²) in [6.45, 7) is 1.69. The maximum Gasteiger partial charge on any atom is 0.254 e. The van der Waals surface area contributed by atoms with E-state index < -0.39 is 27.6 Å². The van der Waals surface area contributed by atoms with Crippen LogP contribution >= 0.6 is 15.9 Å². The van der Waals surface area contributed by atoms with E-state index in [1.807, 2.05) is 0 Å². The first-order chi connectivity index (χ1) is 11.4. The highest BCUT2D eigenvalue weighted by Gasteiger charge is 2.42. The van der Waals surface area contributed by atoms with Crippen molar-refractivity contribution in [2.75, 3.05) is 24.6 Å². The zero-order valence-electron chi connectivity index (χ0n) is 13.2. The quantitative estimate of drug-likeness (QED) is 0.814. The number of likely N-dealkylation sites (tertiary alicyclic amines) is 1. The van der Waals surface area contributed by atoms with E-state index in [4.69, 9.17) is 0 Å². The van der Waals surface area contributed by atoms with Crippen molar-refractivity contribution in [3.05, 3.63) is 34.1 Å². The van der Waals surface area contributed by atoms with Gasteiger partial charge in [-0.1, -0.05) is 22.4 Å². The van der Waals surface area contributed by atoms with Crippen LogP contribution < -0.4 is 5.32 Å². The Labute approximate surface area is 149 Å². The van der Waals surface area contributed by atoms with Crippen molar-refractivity contribution in [3.63, 3.8) is 0 Å². The number of halogens is 2. The Morgan fingerprint density at radius 3 is 2.62 bits per heavy atom. The first-order valence-corrected chi connectivity index (χ1v) is 10.7. The lowest BCUT2D eigenvalue weighted by atomic mass is 10.0. The third-order valence-electron chi connectivity index (χ3n) is 4.67. The van der Waals surface area contributed by atoms with E-state index in [0.29, 0.717) is 4.47 Å². The van der Waals surface area contributed by atoms with Gasteiger partial charge >= 0.3 is 0 Å². The van der Waals surface area contributed by atoms with Gasteiger partial charge in [-0.3, -0.25) is 9.69 Å². The average Bonchev–Trinajstić information content (AvgIpc) is 2.85. The molecule has 1 aromatic carbocycles. The minimum Gasteiger partial charge on any atom is -0.347 e. The lowest BCUT2D eigenvalue weighted by Gasteiger charge is -2.35. The van der Waals surface area contributed by atoms with Gasteiger partial charge in [-0.15, -0.1) is 0 Å². The highest BCUT2D eigenvalue weighted by atomic mass is 79.9. The van der Waals surface area contributed by atoms with Gasteiger partial charge in [-0.25, -0.2) is 12.8 Å². The molecule has 2 atom stereocenters. The van der Waals surface area contributed by atoms with Crippen LogP contribution in [0.2, 0.25) is 0 Å². The number of piperidine rings is 1. The van der Waals surface area contributed by atoms with E-state index in [1.165, 1.54) is 18.2 Å². The molecule has 2 fully saturated rings. The van der Waals surface area contributed by atoms with Crippen LogP contribution in [0.25, 0.3) is 0 Å². The largest absolute Gasteiger partial charge is 0.347 e. The summed E-state index contributed by atoms with van der Waals surface area (Å²) >= 11 is 3.22. The molecule has 2 aliphatic rings. The number of nitrogens with zero attached hydrogens (tertiary/aromatic N) is 1. The fourth-order valence-corrected chi connectivity index (χ4v) is 5.81. The van der Waals surface area contributed by atoms with Crippen molar-refractivity contribution in [3.8, 4) is 0 Å². The molecule has 8 heteroatoms.